The minimum Gasteiger partial charge on any atom is -0.247 e. The van der Waals surface area contributed by atoms with Crippen LogP contribution in [0.15, 0.2) is 48.5 Å². The van der Waals surface area contributed by atoms with E-state index < -0.39 is 0 Å². The average molecular weight is 331 g/mol. The van der Waals surface area contributed by atoms with Crippen molar-refractivity contribution in [2.45, 2.75) is 19.8 Å². The summed E-state index contributed by atoms with van der Waals surface area (Å²) in [6, 6.07) is 17.1. The van der Waals surface area contributed by atoms with Crippen LogP contribution in [-0.4, -0.2) is 9.97 Å². The Labute approximate surface area is 145 Å². The predicted octanol–water partition coefficient (Wildman–Crippen LogP) is 6.21. The molecule has 116 valence electrons. The van der Waals surface area contributed by atoms with E-state index in [4.69, 9.17) is 16.6 Å². The Morgan fingerprint density at radius 1 is 0.875 bits per heavy atom. The molecule has 0 spiro atoms. The van der Waals surface area contributed by atoms with Gasteiger partial charge in [-0.05, 0) is 39.4 Å². The van der Waals surface area contributed by atoms with Crippen LogP contribution in [-0.2, 0) is 0 Å². The Kier molecular flexibility index (Phi) is 2.77. The fourth-order valence-electron chi connectivity index (χ4n) is 3.75. The lowest BCUT2D eigenvalue weighted by atomic mass is 10.0. The van der Waals surface area contributed by atoms with E-state index in [1.54, 1.807) is 0 Å². The molecule has 0 fully saturated rings. The monoisotopic (exact) mass is 330 g/mol. The summed E-state index contributed by atoms with van der Waals surface area (Å²) in [4.78, 5) is 9.59. The van der Waals surface area contributed by atoms with Gasteiger partial charge in [-0.3, -0.25) is 0 Å². The molecule has 24 heavy (non-hydrogen) atoms. The van der Waals surface area contributed by atoms with Gasteiger partial charge in [0.25, 0.3) is 0 Å². The Bertz CT molecular complexity index is 1150. The number of hydrogen-bond donors (Lipinski definition) is 0. The lowest BCUT2D eigenvalue weighted by molar-refractivity contribution is 0.822. The van der Waals surface area contributed by atoms with Crippen molar-refractivity contribution in [3.8, 4) is 22.3 Å². The third-order valence-corrected chi connectivity index (χ3v) is 5.09. The van der Waals surface area contributed by atoms with Crippen molar-refractivity contribution in [3.63, 3.8) is 0 Å². The summed E-state index contributed by atoms with van der Waals surface area (Å²) in [6.45, 7) is 4.20. The zero-order valence-corrected chi connectivity index (χ0v) is 14.2. The number of halogens is 1. The SMILES string of the molecule is CC(C)c1nc2c3c4c(cccc4cc2nc1Cl)-c1ccccc1-3. The van der Waals surface area contributed by atoms with Gasteiger partial charge in [0.15, 0.2) is 5.15 Å². The molecule has 0 saturated heterocycles. The zero-order valence-electron chi connectivity index (χ0n) is 13.5. The highest BCUT2D eigenvalue weighted by atomic mass is 35.5. The van der Waals surface area contributed by atoms with Gasteiger partial charge >= 0.3 is 0 Å². The molecule has 0 aliphatic heterocycles. The van der Waals surface area contributed by atoms with Crippen LogP contribution < -0.4 is 0 Å². The molecule has 1 aliphatic rings. The molecule has 0 N–H and O–H groups in total. The number of nitrogens with zero attached hydrogens (tertiary/aromatic N) is 2. The molecular weight excluding hydrogens is 316 g/mol. The second-order valence-electron chi connectivity index (χ2n) is 6.62. The smallest absolute Gasteiger partial charge is 0.151 e. The molecular formula is C21H15ClN2. The van der Waals surface area contributed by atoms with Crippen LogP contribution in [0, 0.1) is 0 Å². The summed E-state index contributed by atoms with van der Waals surface area (Å²) in [7, 11) is 0. The quantitative estimate of drug-likeness (QED) is 0.341. The van der Waals surface area contributed by atoms with Gasteiger partial charge in [-0.25, -0.2) is 9.97 Å². The molecule has 0 bridgehead atoms. The third kappa shape index (κ3) is 1.72. The molecule has 3 aromatic carbocycles. The van der Waals surface area contributed by atoms with E-state index in [1.807, 2.05) is 0 Å². The zero-order chi connectivity index (χ0) is 16.4. The average Bonchev–Trinajstić information content (AvgIpc) is 2.91. The third-order valence-electron chi connectivity index (χ3n) is 4.81. The largest absolute Gasteiger partial charge is 0.247 e. The van der Waals surface area contributed by atoms with Gasteiger partial charge in [0.05, 0.1) is 16.7 Å². The van der Waals surface area contributed by atoms with Gasteiger partial charge < -0.3 is 0 Å². The maximum absolute atomic E-state index is 6.38. The first-order valence-corrected chi connectivity index (χ1v) is 8.55. The molecule has 3 heteroatoms. The molecule has 0 saturated carbocycles. The highest BCUT2D eigenvalue weighted by Gasteiger charge is 2.25. The van der Waals surface area contributed by atoms with Crippen LogP contribution in [0.3, 0.4) is 0 Å². The van der Waals surface area contributed by atoms with Gasteiger partial charge in [-0.1, -0.05) is 67.9 Å². The Morgan fingerprint density at radius 2 is 1.62 bits per heavy atom. The van der Waals surface area contributed by atoms with Crippen molar-refractivity contribution >= 4 is 33.4 Å². The first kappa shape index (κ1) is 13.9. The summed E-state index contributed by atoms with van der Waals surface area (Å²) < 4.78 is 0. The Hall–Kier alpha value is -2.45. The molecule has 1 heterocycles. The van der Waals surface area contributed by atoms with Crippen LogP contribution >= 0.6 is 11.6 Å². The van der Waals surface area contributed by atoms with Gasteiger partial charge in [0.2, 0.25) is 0 Å². The summed E-state index contributed by atoms with van der Waals surface area (Å²) in [5.74, 6) is 0.240. The minimum atomic E-state index is 0.240. The van der Waals surface area contributed by atoms with Crippen molar-refractivity contribution in [2.24, 2.45) is 0 Å². The van der Waals surface area contributed by atoms with Crippen molar-refractivity contribution < 1.29 is 0 Å². The second-order valence-corrected chi connectivity index (χ2v) is 6.98. The van der Waals surface area contributed by atoms with Crippen LogP contribution in [0.5, 0.6) is 0 Å². The second kappa shape index (κ2) is 4.78. The van der Waals surface area contributed by atoms with E-state index in [9.17, 15) is 0 Å². The van der Waals surface area contributed by atoms with E-state index in [0.717, 1.165) is 16.7 Å². The van der Waals surface area contributed by atoms with E-state index in [2.05, 4.69) is 67.4 Å². The van der Waals surface area contributed by atoms with Crippen molar-refractivity contribution in [3.05, 3.63) is 59.4 Å². The van der Waals surface area contributed by atoms with Crippen LogP contribution in [0.2, 0.25) is 5.15 Å². The molecule has 2 nitrogen and oxygen atoms in total. The number of hydrogen-bond acceptors (Lipinski definition) is 2. The molecule has 0 unspecified atom stereocenters. The number of benzene rings is 3. The van der Waals surface area contributed by atoms with Crippen LogP contribution in [0.25, 0.3) is 44.1 Å². The van der Waals surface area contributed by atoms with E-state index >= 15 is 0 Å². The normalized spacial score (nSPS) is 12.3. The lowest BCUT2D eigenvalue weighted by Gasteiger charge is -2.11. The van der Waals surface area contributed by atoms with Gasteiger partial charge in [-0.2, -0.15) is 0 Å². The maximum Gasteiger partial charge on any atom is 0.151 e. The molecule has 5 rings (SSSR count). The van der Waals surface area contributed by atoms with Crippen LogP contribution in [0.1, 0.15) is 25.5 Å². The summed E-state index contributed by atoms with van der Waals surface area (Å²) in [5.41, 5.74) is 7.66. The van der Waals surface area contributed by atoms with Crippen molar-refractivity contribution in [1.29, 1.82) is 0 Å². The lowest BCUT2D eigenvalue weighted by Crippen LogP contribution is -1.99. The minimum absolute atomic E-state index is 0.240. The van der Waals surface area contributed by atoms with Gasteiger partial charge in [0.1, 0.15) is 0 Å². The number of fused-ring (bicyclic) bond motifs is 5. The van der Waals surface area contributed by atoms with Crippen molar-refractivity contribution in [2.75, 3.05) is 0 Å². The summed E-state index contributed by atoms with van der Waals surface area (Å²) >= 11 is 6.38. The summed E-state index contributed by atoms with van der Waals surface area (Å²) in [6.07, 6.45) is 0. The highest BCUT2D eigenvalue weighted by molar-refractivity contribution is 6.31. The molecule has 1 aliphatic carbocycles. The topological polar surface area (TPSA) is 25.8 Å². The fourth-order valence-corrected chi connectivity index (χ4v) is 4.10. The summed E-state index contributed by atoms with van der Waals surface area (Å²) in [5, 5.41) is 2.97. The van der Waals surface area contributed by atoms with E-state index in [1.165, 1.54) is 33.0 Å². The fraction of sp³-hybridized carbons (Fsp3) is 0.143. The highest BCUT2D eigenvalue weighted by Crippen LogP contribution is 2.49. The van der Waals surface area contributed by atoms with E-state index in [0.29, 0.717) is 5.15 Å². The number of rotatable bonds is 1. The molecule has 0 atom stereocenters. The van der Waals surface area contributed by atoms with Crippen LogP contribution in [0.4, 0.5) is 0 Å². The molecule has 1 aromatic heterocycles. The molecule has 0 radical (unpaired) electrons. The van der Waals surface area contributed by atoms with Gasteiger partial charge in [0, 0.05) is 5.56 Å². The Balaban J connectivity index is 2.04. The number of aromatic nitrogens is 2. The van der Waals surface area contributed by atoms with E-state index in [-0.39, 0.29) is 5.92 Å². The first-order valence-electron chi connectivity index (χ1n) is 8.18. The predicted molar refractivity (Wildman–Crippen MR) is 101 cm³/mol. The first-order chi connectivity index (χ1) is 11.6. The van der Waals surface area contributed by atoms with Gasteiger partial charge in [-0.15, -0.1) is 0 Å². The Morgan fingerprint density at radius 3 is 2.42 bits per heavy atom. The van der Waals surface area contributed by atoms with Crippen molar-refractivity contribution in [1.82, 2.24) is 9.97 Å². The standard InChI is InChI=1S/C21H15ClN2/c1-11(2)19-21(22)23-16-10-12-6-5-9-14-13-7-3-4-8-15(13)18(17(12)14)20(16)24-19/h3-11H,1-2H3. The molecule has 4 aromatic rings. The molecule has 0 amide bonds. The maximum atomic E-state index is 6.38.